The van der Waals surface area contributed by atoms with Crippen LogP contribution in [0, 0.1) is 6.92 Å². The monoisotopic (exact) mass is 287 g/mol. The molecule has 0 spiro atoms. The third-order valence-corrected chi connectivity index (χ3v) is 3.51. The quantitative estimate of drug-likeness (QED) is 0.904. The van der Waals surface area contributed by atoms with E-state index in [0.717, 1.165) is 12.0 Å². The molecule has 2 heterocycles. The molecule has 0 aromatic carbocycles. The average Bonchev–Trinajstić information content (AvgIpc) is 2.80. The van der Waals surface area contributed by atoms with Gasteiger partial charge in [0.2, 0.25) is 0 Å². The molecule has 21 heavy (non-hydrogen) atoms. The molecule has 2 rings (SSSR count). The van der Waals surface area contributed by atoms with E-state index in [-0.39, 0.29) is 5.91 Å². The molecule has 6 heteroatoms. The van der Waals surface area contributed by atoms with E-state index in [1.165, 1.54) is 0 Å². The number of hydrogen-bond acceptors (Lipinski definition) is 4. The summed E-state index contributed by atoms with van der Waals surface area (Å²) >= 11 is 0. The summed E-state index contributed by atoms with van der Waals surface area (Å²) in [7, 11) is 1.78. The summed E-state index contributed by atoms with van der Waals surface area (Å²) < 4.78 is 1.66. The van der Waals surface area contributed by atoms with Gasteiger partial charge in [-0.15, -0.1) is 0 Å². The van der Waals surface area contributed by atoms with Crippen molar-refractivity contribution in [2.45, 2.75) is 26.8 Å². The minimum Gasteiger partial charge on any atom is -0.395 e. The fourth-order valence-corrected chi connectivity index (χ4v) is 2.18. The largest absolute Gasteiger partial charge is 0.395 e. The molecule has 1 amide bonds. The molecular weight excluding hydrogens is 266 g/mol. The molecule has 0 saturated carbocycles. The van der Waals surface area contributed by atoms with Gasteiger partial charge in [0.25, 0.3) is 5.91 Å². The van der Waals surface area contributed by atoms with Crippen molar-refractivity contribution in [2.24, 2.45) is 0 Å². The first-order valence-electron chi connectivity index (χ1n) is 7.01. The highest BCUT2D eigenvalue weighted by Crippen LogP contribution is 2.18. The molecule has 0 unspecified atom stereocenters. The van der Waals surface area contributed by atoms with Gasteiger partial charge in [0, 0.05) is 32.5 Å². The van der Waals surface area contributed by atoms with Gasteiger partial charge in [0.1, 0.15) is 5.69 Å². The highest BCUT2D eigenvalue weighted by Gasteiger charge is 2.22. The van der Waals surface area contributed by atoms with E-state index >= 15 is 0 Å². The van der Waals surface area contributed by atoms with Crippen LogP contribution in [0.3, 0.4) is 0 Å². The van der Waals surface area contributed by atoms with Crippen LogP contribution in [-0.2, 0) is 13.0 Å². The maximum atomic E-state index is 12.6. The maximum absolute atomic E-state index is 12.6. The minimum atomic E-state index is -0.0935. The molecule has 0 atom stereocenters. The Labute approximate surface area is 124 Å². The lowest BCUT2D eigenvalue weighted by atomic mass is 10.2. The fraction of sp³-hybridized carbons (Fsp3) is 0.400. The van der Waals surface area contributed by atoms with Crippen molar-refractivity contribution in [3.8, 4) is 0 Å². The molecule has 0 bridgehead atoms. The fourth-order valence-electron chi connectivity index (χ4n) is 2.18. The van der Waals surface area contributed by atoms with Gasteiger partial charge in [-0.25, -0.2) is 0 Å². The highest BCUT2D eigenvalue weighted by atomic mass is 16.2. The number of aryl methyl sites for hydroxylation is 2. The summed E-state index contributed by atoms with van der Waals surface area (Å²) in [6, 6.07) is 3.90. The molecule has 112 valence electrons. The van der Waals surface area contributed by atoms with E-state index in [9.17, 15) is 4.79 Å². The zero-order valence-electron chi connectivity index (χ0n) is 12.7. The lowest BCUT2D eigenvalue weighted by molar-refractivity contribution is 0.0785. The van der Waals surface area contributed by atoms with Crippen molar-refractivity contribution in [2.75, 3.05) is 19.3 Å². The Hall–Kier alpha value is -2.37. The highest BCUT2D eigenvalue weighted by molar-refractivity contribution is 5.97. The standard InChI is InChI=1S/C15H21N5O/c1-4-20-14(13(16)11(2)18-20)15(21)19(3)10-7-12-5-8-17-9-6-12/h5-6,8-9H,4,7,10,16H2,1-3H3. The molecular formula is C15H21N5O. The van der Waals surface area contributed by atoms with Gasteiger partial charge >= 0.3 is 0 Å². The second kappa shape index (κ2) is 6.39. The van der Waals surface area contributed by atoms with Crippen molar-refractivity contribution in [1.29, 1.82) is 0 Å². The summed E-state index contributed by atoms with van der Waals surface area (Å²) in [6.45, 7) is 5.00. The average molecular weight is 287 g/mol. The van der Waals surface area contributed by atoms with E-state index in [1.54, 1.807) is 29.0 Å². The van der Waals surface area contributed by atoms with Crippen LogP contribution in [0.15, 0.2) is 24.5 Å². The number of rotatable bonds is 5. The summed E-state index contributed by atoms with van der Waals surface area (Å²) in [5.41, 5.74) is 8.78. The number of nitrogens with two attached hydrogens (primary N) is 1. The van der Waals surface area contributed by atoms with Crippen LogP contribution in [0.1, 0.15) is 28.7 Å². The molecule has 0 aliphatic rings. The van der Waals surface area contributed by atoms with E-state index < -0.39 is 0 Å². The van der Waals surface area contributed by atoms with Gasteiger partial charge in [-0.05, 0) is 38.0 Å². The van der Waals surface area contributed by atoms with Crippen LogP contribution in [0.5, 0.6) is 0 Å². The first-order chi connectivity index (χ1) is 10.0. The van der Waals surface area contributed by atoms with Crippen molar-refractivity contribution in [1.82, 2.24) is 19.7 Å². The van der Waals surface area contributed by atoms with Gasteiger partial charge in [0.15, 0.2) is 0 Å². The van der Waals surface area contributed by atoms with Gasteiger partial charge in [-0.2, -0.15) is 5.10 Å². The summed E-state index contributed by atoms with van der Waals surface area (Å²) in [5, 5.41) is 4.29. The van der Waals surface area contributed by atoms with Gasteiger partial charge in [-0.3, -0.25) is 14.5 Å². The number of carbonyl (C=O) groups is 1. The summed E-state index contributed by atoms with van der Waals surface area (Å²) in [4.78, 5) is 18.2. The normalized spacial score (nSPS) is 10.6. The number of nitrogen functional groups attached to an aromatic ring is 1. The Morgan fingerprint density at radius 3 is 2.67 bits per heavy atom. The topological polar surface area (TPSA) is 77.0 Å². The van der Waals surface area contributed by atoms with Crippen molar-refractivity contribution >= 4 is 11.6 Å². The number of hydrogen-bond donors (Lipinski definition) is 1. The Balaban J connectivity index is 2.09. The summed E-state index contributed by atoms with van der Waals surface area (Å²) in [5.74, 6) is -0.0935. The summed E-state index contributed by atoms with van der Waals surface area (Å²) in [6.07, 6.45) is 4.29. The van der Waals surface area contributed by atoms with E-state index in [2.05, 4.69) is 10.1 Å². The zero-order valence-corrected chi connectivity index (χ0v) is 12.7. The molecule has 2 N–H and O–H groups in total. The second-order valence-corrected chi connectivity index (χ2v) is 5.00. The van der Waals surface area contributed by atoms with Crippen molar-refractivity contribution in [3.63, 3.8) is 0 Å². The van der Waals surface area contributed by atoms with Crippen LogP contribution in [0.25, 0.3) is 0 Å². The van der Waals surface area contributed by atoms with E-state index in [1.807, 2.05) is 26.0 Å². The van der Waals surface area contributed by atoms with Crippen LogP contribution in [-0.4, -0.2) is 39.2 Å². The molecule has 0 radical (unpaired) electrons. The number of amides is 1. The van der Waals surface area contributed by atoms with Gasteiger partial charge < -0.3 is 10.6 Å². The predicted octanol–water partition coefficient (Wildman–Crippen LogP) is 1.50. The van der Waals surface area contributed by atoms with Crippen LogP contribution >= 0.6 is 0 Å². The van der Waals surface area contributed by atoms with Crippen molar-refractivity contribution < 1.29 is 4.79 Å². The maximum Gasteiger partial charge on any atom is 0.274 e. The lowest BCUT2D eigenvalue weighted by Gasteiger charge is -2.18. The van der Waals surface area contributed by atoms with Crippen LogP contribution in [0.2, 0.25) is 0 Å². The smallest absolute Gasteiger partial charge is 0.274 e. The number of aromatic nitrogens is 3. The molecule has 0 aliphatic carbocycles. The molecule has 0 saturated heterocycles. The third-order valence-electron chi connectivity index (χ3n) is 3.51. The zero-order chi connectivity index (χ0) is 15.4. The Bertz CT molecular complexity index is 620. The van der Waals surface area contributed by atoms with Crippen LogP contribution in [0.4, 0.5) is 5.69 Å². The number of anilines is 1. The first-order valence-corrected chi connectivity index (χ1v) is 7.01. The number of pyridine rings is 1. The van der Waals surface area contributed by atoms with Gasteiger partial charge in [-0.1, -0.05) is 0 Å². The molecule has 6 nitrogen and oxygen atoms in total. The SMILES string of the molecule is CCn1nc(C)c(N)c1C(=O)N(C)CCc1ccncc1. The Morgan fingerprint density at radius 2 is 2.05 bits per heavy atom. The number of carbonyl (C=O) groups excluding carboxylic acids is 1. The number of likely N-dealkylation sites (N-methyl/N-ethyl adjacent to an activating group) is 1. The molecule has 2 aromatic heterocycles. The third kappa shape index (κ3) is 3.21. The first kappa shape index (κ1) is 15.0. The van der Waals surface area contributed by atoms with Gasteiger partial charge in [0.05, 0.1) is 11.4 Å². The Morgan fingerprint density at radius 1 is 1.38 bits per heavy atom. The number of nitrogens with zero attached hydrogens (tertiary/aromatic N) is 4. The van der Waals surface area contributed by atoms with E-state index in [0.29, 0.717) is 30.2 Å². The molecule has 0 aliphatic heterocycles. The Kier molecular flexibility index (Phi) is 4.57. The van der Waals surface area contributed by atoms with E-state index in [4.69, 9.17) is 5.73 Å². The minimum absolute atomic E-state index is 0.0935. The second-order valence-electron chi connectivity index (χ2n) is 5.00. The van der Waals surface area contributed by atoms with Crippen molar-refractivity contribution in [3.05, 3.63) is 41.5 Å². The molecule has 0 fully saturated rings. The lowest BCUT2D eigenvalue weighted by Crippen LogP contribution is -2.31. The predicted molar refractivity (Wildman–Crippen MR) is 82.0 cm³/mol. The molecule has 2 aromatic rings. The van der Waals surface area contributed by atoms with Crippen LogP contribution < -0.4 is 5.73 Å².